The number of ether oxygens (including phenoxy) is 1. The molecule has 0 radical (unpaired) electrons. The van der Waals surface area contributed by atoms with Crippen LogP contribution in [0.2, 0.25) is 0 Å². The monoisotopic (exact) mass is 260 g/mol. The van der Waals surface area contributed by atoms with Gasteiger partial charge in [0.05, 0.1) is 6.61 Å². The van der Waals surface area contributed by atoms with Crippen LogP contribution in [0.15, 0.2) is 12.1 Å². The van der Waals surface area contributed by atoms with Crippen molar-refractivity contribution >= 4 is 23.3 Å². The summed E-state index contributed by atoms with van der Waals surface area (Å²) in [5, 5.41) is 27.8. The zero-order valence-corrected chi connectivity index (χ0v) is 9.81. The van der Waals surface area contributed by atoms with Crippen LogP contribution in [0, 0.1) is 0 Å². The fourth-order valence-corrected chi connectivity index (χ4v) is 2.00. The van der Waals surface area contributed by atoms with E-state index in [-0.39, 0.29) is 16.4 Å². The largest absolute Gasteiger partial charge is 0.477 e. The molecule has 1 aromatic heterocycles. The molecule has 0 fully saturated rings. The van der Waals surface area contributed by atoms with Gasteiger partial charge in [0.1, 0.15) is 11.0 Å². The van der Waals surface area contributed by atoms with Gasteiger partial charge in [-0.2, -0.15) is 0 Å². The van der Waals surface area contributed by atoms with E-state index < -0.39 is 24.1 Å². The Morgan fingerprint density at radius 2 is 2.06 bits per heavy atom. The van der Waals surface area contributed by atoms with E-state index in [1.165, 1.54) is 12.1 Å². The number of rotatable bonds is 5. The van der Waals surface area contributed by atoms with Gasteiger partial charge < -0.3 is 20.1 Å². The number of hydrogen-bond donors (Lipinski definition) is 3. The van der Waals surface area contributed by atoms with Crippen LogP contribution in [0.25, 0.3) is 0 Å². The van der Waals surface area contributed by atoms with Gasteiger partial charge in [-0.05, 0) is 19.1 Å². The van der Waals surface area contributed by atoms with E-state index in [0.717, 1.165) is 11.3 Å². The molecule has 0 aliphatic carbocycles. The van der Waals surface area contributed by atoms with Gasteiger partial charge in [-0.25, -0.2) is 9.59 Å². The van der Waals surface area contributed by atoms with E-state index in [0.29, 0.717) is 0 Å². The van der Waals surface area contributed by atoms with E-state index >= 15 is 0 Å². The first-order valence-electron chi connectivity index (χ1n) is 4.83. The molecule has 1 rings (SSSR count). The first-order valence-corrected chi connectivity index (χ1v) is 5.64. The van der Waals surface area contributed by atoms with Crippen molar-refractivity contribution < 1.29 is 29.6 Å². The van der Waals surface area contributed by atoms with Crippen LogP contribution in [0.4, 0.5) is 0 Å². The van der Waals surface area contributed by atoms with Crippen LogP contribution >= 0.6 is 11.3 Å². The topological polar surface area (TPSA) is 104 Å². The highest BCUT2D eigenvalue weighted by molar-refractivity contribution is 7.14. The smallest absolute Gasteiger partial charge is 0.345 e. The van der Waals surface area contributed by atoms with Gasteiger partial charge in [0.25, 0.3) is 0 Å². The lowest BCUT2D eigenvalue weighted by Gasteiger charge is -2.14. The van der Waals surface area contributed by atoms with Crippen LogP contribution in [0.1, 0.15) is 27.6 Å². The number of hydrogen-bond acceptors (Lipinski definition) is 6. The van der Waals surface area contributed by atoms with E-state index in [1.807, 2.05) is 0 Å². The molecule has 0 spiro atoms. The number of carbonyl (C=O) groups excluding carboxylic acids is 1. The molecule has 1 heterocycles. The zero-order chi connectivity index (χ0) is 13.0. The molecule has 2 unspecified atom stereocenters. The molecular weight excluding hydrogens is 248 g/mol. The predicted molar refractivity (Wildman–Crippen MR) is 58.9 cm³/mol. The maximum absolute atomic E-state index is 11.2. The number of aromatic carboxylic acids is 1. The third-order valence-corrected chi connectivity index (χ3v) is 3.10. The Morgan fingerprint density at radius 3 is 2.53 bits per heavy atom. The fourth-order valence-electron chi connectivity index (χ4n) is 1.14. The lowest BCUT2D eigenvalue weighted by molar-refractivity contribution is -0.159. The molecule has 2 atom stereocenters. The minimum Gasteiger partial charge on any atom is -0.477 e. The molecule has 94 valence electrons. The molecule has 0 aliphatic rings. The molecule has 3 N–H and O–H groups in total. The van der Waals surface area contributed by atoms with Crippen LogP contribution in [-0.4, -0.2) is 40.0 Å². The molecule has 6 nitrogen and oxygen atoms in total. The molecular formula is C10H12O6S. The summed E-state index contributed by atoms with van der Waals surface area (Å²) in [6.07, 6.45) is -3.19. The molecule has 1 aromatic rings. The Bertz CT molecular complexity index is 413. The van der Waals surface area contributed by atoms with Gasteiger partial charge in [-0.1, -0.05) is 0 Å². The standard InChI is InChI=1S/C10H12O6S/c1-2-16-10(15)8(12)7(11)5-3-4-6(17-5)9(13)14/h3-4,7-8,11-12H,2H2,1H3,(H,13,14). The third kappa shape index (κ3) is 3.26. The van der Waals surface area contributed by atoms with Crippen molar-refractivity contribution in [2.45, 2.75) is 19.1 Å². The van der Waals surface area contributed by atoms with Gasteiger partial charge in [0.2, 0.25) is 0 Å². The average Bonchev–Trinajstić information content (AvgIpc) is 2.76. The Balaban J connectivity index is 2.77. The fraction of sp³-hybridized carbons (Fsp3) is 0.400. The van der Waals surface area contributed by atoms with E-state index in [2.05, 4.69) is 4.74 Å². The summed E-state index contributed by atoms with van der Waals surface area (Å²) in [5.74, 6) is -2.07. The second kappa shape index (κ2) is 5.76. The van der Waals surface area contributed by atoms with Crippen molar-refractivity contribution in [1.29, 1.82) is 0 Å². The summed E-state index contributed by atoms with van der Waals surface area (Å²) in [5.41, 5.74) is 0. The highest BCUT2D eigenvalue weighted by atomic mass is 32.1. The summed E-state index contributed by atoms with van der Waals surface area (Å²) in [4.78, 5) is 22.0. The summed E-state index contributed by atoms with van der Waals surface area (Å²) in [6, 6.07) is 2.64. The lowest BCUT2D eigenvalue weighted by atomic mass is 10.2. The maximum atomic E-state index is 11.2. The normalized spacial score (nSPS) is 14.1. The number of esters is 1. The van der Waals surface area contributed by atoms with Gasteiger partial charge in [-0.3, -0.25) is 0 Å². The van der Waals surface area contributed by atoms with Crippen LogP contribution in [-0.2, 0) is 9.53 Å². The molecule has 0 aliphatic heterocycles. The Hall–Kier alpha value is -1.44. The number of carboxylic acids is 1. The summed E-state index contributed by atoms with van der Waals surface area (Å²) in [7, 11) is 0. The van der Waals surface area contributed by atoms with Crippen LogP contribution in [0.3, 0.4) is 0 Å². The first kappa shape index (κ1) is 13.6. The van der Waals surface area contributed by atoms with Crippen LogP contribution < -0.4 is 0 Å². The van der Waals surface area contributed by atoms with Crippen molar-refractivity contribution in [3.63, 3.8) is 0 Å². The molecule has 17 heavy (non-hydrogen) atoms. The van der Waals surface area contributed by atoms with Gasteiger partial charge in [-0.15, -0.1) is 11.3 Å². The molecule has 0 saturated heterocycles. The molecule has 0 saturated carbocycles. The summed E-state index contributed by atoms with van der Waals surface area (Å²) < 4.78 is 4.54. The maximum Gasteiger partial charge on any atom is 0.345 e. The number of thiophene rings is 1. The number of carbonyl (C=O) groups is 2. The number of aliphatic hydroxyl groups is 2. The second-order valence-corrected chi connectivity index (χ2v) is 4.26. The second-order valence-electron chi connectivity index (χ2n) is 3.15. The van der Waals surface area contributed by atoms with Crippen LogP contribution in [0.5, 0.6) is 0 Å². The van der Waals surface area contributed by atoms with Crippen molar-refractivity contribution in [3.05, 3.63) is 21.9 Å². The SMILES string of the molecule is CCOC(=O)C(O)C(O)c1ccc(C(=O)O)s1. The number of carboxylic acid groups (broad SMARTS) is 1. The Kier molecular flexibility index (Phi) is 4.62. The Labute approximate surface area is 101 Å². The minimum absolute atomic E-state index is 0.0232. The quantitative estimate of drug-likeness (QED) is 0.662. The summed E-state index contributed by atoms with van der Waals surface area (Å²) in [6.45, 7) is 1.66. The predicted octanol–water partition coefficient (Wildman–Crippen LogP) is 0.404. The lowest BCUT2D eigenvalue weighted by Crippen LogP contribution is -2.29. The minimum atomic E-state index is -1.71. The molecule has 7 heteroatoms. The van der Waals surface area contributed by atoms with Crippen molar-refractivity contribution in [2.75, 3.05) is 6.61 Å². The molecule has 0 amide bonds. The highest BCUT2D eigenvalue weighted by Gasteiger charge is 2.28. The van der Waals surface area contributed by atoms with Crippen molar-refractivity contribution in [3.8, 4) is 0 Å². The van der Waals surface area contributed by atoms with Crippen molar-refractivity contribution in [1.82, 2.24) is 0 Å². The zero-order valence-electron chi connectivity index (χ0n) is 8.99. The Morgan fingerprint density at radius 1 is 1.41 bits per heavy atom. The molecule has 0 bridgehead atoms. The van der Waals surface area contributed by atoms with Crippen molar-refractivity contribution in [2.24, 2.45) is 0 Å². The average molecular weight is 260 g/mol. The van der Waals surface area contributed by atoms with E-state index in [9.17, 15) is 19.8 Å². The van der Waals surface area contributed by atoms with Gasteiger partial charge in [0, 0.05) is 4.88 Å². The van der Waals surface area contributed by atoms with E-state index in [1.54, 1.807) is 6.92 Å². The summed E-state index contributed by atoms with van der Waals surface area (Å²) >= 11 is 0.796. The highest BCUT2D eigenvalue weighted by Crippen LogP contribution is 2.26. The van der Waals surface area contributed by atoms with Gasteiger partial charge in [0.15, 0.2) is 6.10 Å². The third-order valence-electron chi connectivity index (χ3n) is 1.96. The van der Waals surface area contributed by atoms with Gasteiger partial charge >= 0.3 is 11.9 Å². The van der Waals surface area contributed by atoms with E-state index in [4.69, 9.17) is 5.11 Å². The first-order chi connectivity index (χ1) is 7.97. The molecule has 0 aromatic carbocycles. The number of aliphatic hydroxyl groups excluding tert-OH is 2.